The molecule has 1 atom stereocenters. The smallest absolute Gasteiger partial charge is 0.319 e. The van der Waals surface area contributed by atoms with E-state index in [4.69, 9.17) is 28.9 Å². The number of hydrogen-bond donors (Lipinski definition) is 3. The van der Waals surface area contributed by atoms with E-state index in [0.29, 0.717) is 21.5 Å². The molecule has 1 unspecified atom stereocenters. The molecule has 0 aliphatic rings. The van der Waals surface area contributed by atoms with Crippen molar-refractivity contribution < 1.29 is 9.59 Å². The summed E-state index contributed by atoms with van der Waals surface area (Å²) in [5, 5.41) is 6.70. The summed E-state index contributed by atoms with van der Waals surface area (Å²) in [7, 11) is 0. The molecule has 2 rings (SSSR count). The standard InChI is InChI=1S/C18H19Cl2N3O2S/c1-11(13-7-6-12(19)10-14(13)20)22-18(25)23-15-4-2-3-5-16(15)26-9-8-17(21)24/h2-7,10-11H,8-9H2,1H3,(H2,21,24)(H2,22,23,25). The Labute approximate surface area is 166 Å². The number of amides is 3. The fourth-order valence-corrected chi connectivity index (χ4v) is 3.79. The number of carbonyl (C=O) groups is 2. The first kappa shape index (κ1) is 20.4. The van der Waals surface area contributed by atoms with Gasteiger partial charge in [-0.2, -0.15) is 0 Å². The van der Waals surface area contributed by atoms with Crippen LogP contribution in [0.5, 0.6) is 0 Å². The van der Waals surface area contributed by atoms with Gasteiger partial charge in [-0.25, -0.2) is 4.79 Å². The molecule has 0 radical (unpaired) electrons. The average molecular weight is 412 g/mol. The van der Waals surface area contributed by atoms with Crippen molar-refractivity contribution in [2.24, 2.45) is 5.73 Å². The van der Waals surface area contributed by atoms with Crippen molar-refractivity contribution in [3.05, 3.63) is 58.1 Å². The number of para-hydroxylation sites is 1. The lowest BCUT2D eigenvalue weighted by atomic mass is 10.1. The van der Waals surface area contributed by atoms with Crippen molar-refractivity contribution in [2.75, 3.05) is 11.1 Å². The van der Waals surface area contributed by atoms with Crippen LogP contribution in [0.4, 0.5) is 10.5 Å². The maximum atomic E-state index is 12.3. The van der Waals surface area contributed by atoms with E-state index in [-0.39, 0.29) is 24.4 Å². The molecule has 0 saturated carbocycles. The highest BCUT2D eigenvalue weighted by Gasteiger charge is 2.14. The average Bonchev–Trinajstić information content (AvgIpc) is 2.55. The number of primary amides is 1. The number of halogens is 2. The second-order valence-electron chi connectivity index (χ2n) is 5.55. The second-order valence-corrected chi connectivity index (χ2v) is 7.53. The Balaban J connectivity index is 2.00. The highest BCUT2D eigenvalue weighted by Crippen LogP contribution is 2.28. The molecular weight excluding hydrogens is 393 g/mol. The Bertz CT molecular complexity index is 802. The minimum atomic E-state index is -0.355. The predicted octanol–water partition coefficient (Wildman–Crippen LogP) is 4.84. The number of thioether (sulfide) groups is 1. The maximum absolute atomic E-state index is 12.3. The number of hydrogen-bond acceptors (Lipinski definition) is 3. The quantitative estimate of drug-likeness (QED) is 0.569. The fraction of sp³-hybridized carbons (Fsp3) is 0.222. The lowest BCUT2D eigenvalue weighted by Gasteiger charge is -2.17. The van der Waals surface area contributed by atoms with Gasteiger partial charge in [0.25, 0.3) is 0 Å². The summed E-state index contributed by atoms with van der Waals surface area (Å²) in [6, 6.07) is 11.9. The molecule has 0 aliphatic carbocycles. The molecule has 138 valence electrons. The van der Waals surface area contributed by atoms with Crippen LogP contribution in [-0.2, 0) is 4.79 Å². The lowest BCUT2D eigenvalue weighted by molar-refractivity contribution is -0.117. The van der Waals surface area contributed by atoms with Gasteiger partial charge in [-0.3, -0.25) is 4.79 Å². The zero-order chi connectivity index (χ0) is 19.1. The van der Waals surface area contributed by atoms with Crippen LogP contribution in [0.2, 0.25) is 10.0 Å². The van der Waals surface area contributed by atoms with Crippen molar-refractivity contribution in [2.45, 2.75) is 24.3 Å². The Morgan fingerprint density at radius 2 is 1.92 bits per heavy atom. The van der Waals surface area contributed by atoms with Crippen LogP contribution in [-0.4, -0.2) is 17.7 Å². The highest BCUT2D eigenvalue weighted by molar-refractivity contribution is 7.99. The topological polar surface area (TPSA) is 84.2 Å². The van der Waals surface area contributed by atoms with E-state index in [9.17, 15) is 9.59 Å². The first-order valence-corrected chi connectivity index (χ1v) is 9.63. The molecule has 0 fully saturated rings. The van der Waals surface area contributed by atoms with Gasteiger partial charge in [-0.15, -0.1) is 11.8 Å². The molecule has 2 aromatic carbocycles. The molecule has 0 aliphatic heterocycles. The van der Waals surface area contributed by atoms with E-state index in [2.05, 4.69) is 10.6 Å². The third-order valence-electron chi connectivity index (χ3n) is 3.52. The van der Waals surface area contributed by atoms with E-state index in [1.165, 1.54) is 11.8 Å². The van der Waals surface area contributed by atoms with Gasteiger partial charge in [-0.1, -0.05) is 41.4 Å². The summed E-state index contributed by atoms with van der Waals surface area (Å²) in [6.07, 6.45) is 0.275. The van der Waals surface area contributed by atoms with Crippen LogP contribution in [0.15, 0.2) is 47.4 Å². The summed E-state index contributed by atoms with van der Waals surface area (Å²) < 4.78 is 0. The van der Waals surface area contributed by atoms with Gasteiger partial charge < -0.3 is 16.4 Å². The fourth-order valence-electron chi connectivity index (χ4n) is 2.24. The number of rotatable bonds is 7. The Hall–Kier alpha value is -1.89. The molecule has 2 aromatic rings. The van der Waals surface area contributed by atoms with Crippen molar-refractivity contribution in [3.8, 4) is 0 Å². The Kier molecular flexibility index (Phi) is 7.63. The number of urea groups is 1. The molecule has 0 aromatic heterocycles. The van der Waals surface area contributed by atoms with Crippen LogP contribution >= 0.6 is 35.0 Å². The molecule has 0 saturated heterocycles. The van der Waals surface area contributed by atoms with Gasteiger partial charge >= 0.3 is 6.03 Å². The second kappa shape index (κ2) is 9.71. The molecule has 0 bridgehead atoms. The minimum Gasteiger partial charge on any atom is -0.370 e. The third-order valence-corrected chi connectivity index (χ3v) is 5.16. The normalized spacial score (nSPS) is 11.7. The van der Waals surface area contributed by atoms with Gasteiger partial charge in [0.05, 0.1) is 11.7 Å². The number of benzene rings is 2. The molecule has 5 nitrogen and oxygen atoms in total. The highest BCUT2D eigenvalue weighted by atomic mass is 35.5. The van der Waals surface area contributed by atoms with Crippen LogP contribution in [0.1, 0.15) is 24.9 Å². The van der Waals surface area contributed by atoms with Crippen LogP contribution in [0.25, 0.3) is 0 Å². The number of nitrogens with two attached hydrogens (primary N) is 1. The molecule has 0 heterocycles. The van der Waals surface area contributed by atoms with Crippen LogP contribution in [0, 0.1) is 0 Å². The van der Waals surface area contributed by atoms with E-state index < -0.39 is 0 Å². The molecule has 0 spiro atoms. The van der Waals surface area contributed by atoms with E-state index in [0.717, 1.165) is 10.5 Å². The molecule has 26 heavy (non-hydrogen) atoms. The first-order valence-electron chi connectivity index (χ1n) is 7.89. The minimum absolute atomic E-state index is 0.275. The number of nitrogens with one attached hydrogen (secondary N) is 2. The molecule has 8 heteroatoms. The van der Waals surface area contributed by atoms with Crippen LogP contribution < -0.4 is 16.4 Å². The van der Waals surface area contributed by atoms with Gasteiger partial charge in [0.1, 0.15) is 0 Å². The summed E-state index contributed by atoms with van der Waals surface area (Å²) in [4.78, 5) is 24.1. The first-order chi connectivity index (χ1) is 12.4. The molecular formula is C18H19Cl2N3O2S. The van der Waals surface area contributed by atoms with E-state index >= 15 is 0 Å². The summed E-state index contributed by atoms with van der Waals surface area (Å²) in [5.41, 5.74) is 6.59. The maximum Gasteiger partial charge on any atom is 0.319 e. The van der Waals surface area contributed by atoms with E-state index in [1.54, 1.807) is 24.3 Å². The van der Waals surface area contributed by atoms with Gasteiger partial charge in [0, 0.05) is 27.1 Å². The Morgan fingerprint density at radius 1 is 1.19 bits per heavy atom. The van der Waals surface area contributed by atoms with E-state index in [1.807, 2.05) is 25.1 Å². The largest absolute Gasteiger partial charge is 0.370 e. The van der Waals surface area contributed by atoms with Crippen molar-refractivity contribution in [1.82, 2.24) is 5.32 Å². The third kappa shape index (κ3) is 6.12. The number of carbonyl (C=O) groups excluding carboxylic acids is 2. The monoisotopic (exact) mass is 411 g/mol. The zero-order valence-corrected chi connectivity index (χ0v) is 16.4. The van der Waals surface area contributed by atoms with Crippen molar-refractivity contribution >= 4 is 52.6 Å². The summed E-state index contributed by atoms with van der Waals surface area (Å²) in [5.74, 6) is 0.196. The lowest BCUT2D eigenvalue weighted by Crippen LogP contribution is -2.31. The van der Waals surface area contributed by atoms with Crippen molar-refractivity contribution in [3.63, 3.8) is 0 Å². The SMILES string of the molecule is CC(NC(=O)Nc1ccccc1SCCC(N)=O)c1ccc(Cl)cc1Cl. The van der Waals surface area contributed by atoms with Crippen molar-refractivity contribution in [1.29, 1.82) is 0 Å². The zero-order valence-electron chi connectivity index (χ0n) is 14.1. The Morgan fingerprint density at radius 3 is 2.62 bits per heavy atom. The molecule has 3 amide bonds. The predicted molar refractivity (Wildman–Crippen MR) is 108 cm³/mol. The molecule has 4 N–H and O–H groups in total. The summed E-state index contributed by atoms with van der Waals surface area (Å²) in [6.45, 7) is 1.84. The van der Waals surface area contributed by atoms with Crippen LogP contribution in [0.3, 0.4) is 0 Å². The summed E-state index contributed by atoms with van der Waals surface area (Å²) >= 11 is 13.5. The van der Waals surface area contributed by atoms with Gasteiger partial charge in [0.2, 0.25) is 5.91 Å². The van der Waals surface area contributed by atoms with Gasteiger partial charge in [0.15, 0.2) is 0 Å². The number of anilines is 1. The van der Waals surface area contributed by atoms with Gasteiger partial charge in [-0.05, 0) is 36.8 Å².